The minimum atomic E-state index is -0.556. The van der Waals surface area contributed by atoms with E-state index in [0.29, 0.717) is 16.3 Å². The monoisotopic (exact) mass is 261 g/mol. The number of anilines is 2. The zero-order valence-electron chi connectivity index (χ0n) is 9.34. The van der Waals surface area contributed by atoms with Crippen molar-refractivity contribution in [1.29, 1.82) is 0 Å². The van der Waals surface area contributed by atoms with Crippen molar-refractivity contribution in [2.24, 2.45) is 0 Å². The van der Waals surface area contributed by atoms with Crippen LogP contribution in [0.2, 0.25) is 0 Å². The molecule has 1 aromatic carbocycles. The number of hydrogen-bond donors (Lipinski definition) is 3. The molecule has 0 spiro atoms. The Morgan fingerprint density at radius 1 is 1.11 bits per heavy atom. The predicted molar refractivity (Wildman–Crippen MR) is 71.7 cm³/mol. The van der Waals surface area contributed by atoms with Gasteiger partial charge in [-0.3, -0.25) is 15.4 Å². The number of carbonyl (C=O) groups is 2. The van der Waals surface area contributed by atoms with Gasteiger partial charge in [0.2, 0.25) is 0 Å². The van der Waals surface area contributed by atoms with Gasteiger partial charge in [0.15, 0.2) is 0 Å². The zero-order chi connectivity index (χ0) is 13.0. The number of imide groups is 1. The Morgan fingerprint density at radius 2 is 1.83 bits per heavy atom. The Morgan fingerprint density at radius 3 is 2.44 bits per heavy atom. The second-order valence-electron chi connectivity index (χ2n) is 3.51. The molecule has 0 saturated carbocycles. The van der Waals surface area contributed by atoms with Gasteiger partial charge >= 0.3 is 6.03 Å². The summed E-state index contributed by atoms with van der Waals surface area (Å²) >= 11 is 1.38. The van der Waals surface area contributed by atoms with Crippen LogP contribution in [0.5, 0.6) is 0 Å². The van der Waals surface area contributed by atoms with Crippen molar-refractivity contribution in [3.05, 3.63) is 47.3 Å². The van der Waals surface area contributed by atoms with Gasteiger partial charge in [0.25, 0.3) is 5.91 Å². The van der Waals surface area contributed by atoms with Crippen LogP contribution >= 0.6 is 11.3 Å². The highest BCUT2D eigenvalue weighted by molar-refractivity contribution is 7.14. The summed E-state index contributed by atoms with van der Waals surface area (Å²) in [6, 6.07) is 9.32. The minimum Gasteiger partial charge on any atom is -0.399 e. The Labute approximate surface area is 108 Å². The molecule has 0 atom stereocenters. The van der Waals surface area contributed by atoms with Gasteiger partial charge in [-0.2, -0.15) is 0 Å². The summed E-state index contributed by atoms with van der Waals surface area (Å²) in [5, 5.41) is 7.30. The molecular weight excluding hydrogens is 250 g/mol. The second-order valence-corrected chi connectivity index (χ2v) is 4.46. The summed E-state index contributed by atoms with van der Waals surface area (Å²) in [6.45, 7) is 0. The number of thiophene rings is 1. The Bertz CT molecular complexity index is 549. The first-order chi connectivity index (χ1) is 8.65. The van der Waals surface area contributed by atoms with Crippen LogP contribution in [-0.2, 0) is 0 Å². The zero-order valence-corrected chi connectivity index (χ0v) is 10.2. The highest BCUT2D eigenvalue weighted by Crippen LogP contribution is 2.14. The summed E-state index contributed by atoms with van der Waals surface area (Å²) in [4.78, 5) is 23.2. The van der Waals surface area contributed by atoms with Gasteiger partial charge in [0.05, 0.1) is 5.00 Å². The molecule has 2 aromatic rings. The number of rotatable bonds is 2. The molecule has 0 saturated heterocycles. The van der Waals surface area contributed by atoms with Crippen LogP contribution in [0.1, 0.15) is 10.4 Å². The molecule has 92 valence electrons. The first-order valence-corrected chi connectivity index (χ1v) is 6.04. The Hall–Kier alpha value is -2.34. The molecule has 0 aliphatic rings. The van der Waals surface area contributed by atoms with E-state index >= 15 is 0 Å². The van der Waals surface area contributed by atoms with Gasteiger partial charge in [-0.15, -0.1) is 11.3 Å². The molecule has 0 aliphatic carbocycles. The number of benzene rings is 1. The number of nitrogen functional groups attached to an aromatic ring is 1. The van der Waals surface area contributed by atoms with Crippen LogP contribution in [0.15, 0.2) is 41.8 Å². The summed E-state index contributed by atoms with van der Waals surface area (Å²) in [5.74, 6) is -0.468. The van der Waals surface area contributed by atoms with Gasteiger partial charge in [-0.05, 0) is 41.8 Å². The third-order valence-corrected chi connectivity index (χ3v) is 2.94. The number of carbonyl (C=O) groups excluding carboxylic acids is 2. The standard InChI is InChI=1S/C12H11N3O2S/c13-9-5-3-8(4-6-9)11(16)15-12(17)14-10-2-1-7-18-10/h1-7H,13H2,(H2,14,15,16,17). The van der Waals surface area contributed by atoms with E-state index < -0.39 is 11.9 Å². The molecule has 0 radical (unpaired) electrons. The molecule has 1 heterocycles. The van der Waals surface area contributed by atoms with E-state index in [-0.39, 0.29) is 0 Å². The van der Waals surface area contributed by atoms with Gasteiger partial charge in [0.1, 0.15) is 0 Å². The summed E-state index contributed by atoms with van der Waals surface area (Å²) < 4.78 is 0. The second kappa shape index (κ2) is 5.33. The Kier molecular flexibility index (Phi) is 3.59. The fourth-order valence-corrected chi connectivity index (χ4v) is 1.92. The maximum atomic E-state index is 11.7. The van der Waals surface area contributed by atoms with Crippen LogP contribution in [-0.4, -0.2) is 11.9 Å². The van der Waals surface area contributed by atoms with Crippen LogP contribution in [0.4, 0.5) is 15.5 Å². The molecule has 18 heavy (non-hydrogen) atoms. The molecular formula is C12H11N3O2S. The van der Waals surface area contributed by atoms with Crippen molar-refractivity contribution in [3.63, 3.8) is 0 Å². The van der Waals surface area contributed by atoms with E-state index in [0.717, 1.165) is 0 Å². The lowest BCUT2D eigenvalue weighted by molar-refractivity contribution is 0.0967. The smallest absolute Gasteiger partial charge is 0.326 e. The fraction of sp³-hybridized carbons (Fsp3) is 0. The lowest BCUT2D eigenvalue weighted by Gasteiger charge is -2.05. The number of hydrogen-bond acceptors (Lipinski definition) is 4. The van der Waals surface area contributed by atoms with Crippen molar-refractivity contribution in [3.8, 4) is 0 Å². The average Bonchev–Trinajstić information content (AvgIpc) is 2.82. The molecule has 0 bridgehead atoms. The van der Waals surface area contributed by atoms with Gasteiger partial charge in [-0.25, -0.2) is 4.79 Å². The molecule has 1 aromatic heterocycles. The van der Waals surface area contributed by atoms with E-state index in [1.165, 1.54) is 11.3 Å². The molecule has 0 unspecified atom stereocenters. The summed E-state index contributed by atoms with van der Waals surface area (Å²) in [7, 11) is 0. The van der Waals surface area contributed by atoms with E-state index in [4.69, 9.17) is 5.73 Å². The molecule has 3 amide bonds. The maximum absolute atomic E-state index is 11.7. The lowest BCUT2D eigenvalue weighted by atomic mass is 10.2. The van der Waals surface area contributed by atoms with Crippen molar-refractivity contribution < 1.29 is 9.59 Å². The van der Waals surface area contributed by atoms with Crippen LogP contribution in [0.25, 0.3) is 0 Å². The molecule has 5 nitrogen and oxygen atoms in total. The van der Waals surface area contributed by atoms with Crippen molar-refractivity contribution in [2.45, 2.75) is 0 Å². The quantitative estimate of drug-likeness (QED) is 0.725. The first kappa shape index (κ1) is 12.1. The maximum Gasteiger partial charge on any atom is 0.326 e. The topological polar surface area (TPSA) is 84.2 Å². The fourth-order valence-electron chi connectivity index (χ4n) is 1.30. The normalized spacial score (nSPS) is 9.78. The minimum absolute atomic E-state index is 0.380. The third-order valence-electron chi connectivity index (χ3n) is 2.16. The van der Waals surface area contributed by atoms with E-state index in [1.54, 1.807) is 30.3 Å². The summed E-state index contributed by atoms with van der Waals surface area (Å²) in [5.41, 5.74) is 6.45. The molecule has 0 fully saturated rings. The van der Waals surface area contributed by atoms with Crippen molar-refractivity contribution in [2.75, 3.05) is 11.1 Å². The largest absolute Gasteiger partial charge is 0.399 e. The third kappa shape index (κ3) is 3.08. The number of nitrogens with two attached hydrogens (primary N) is 1. The van der Waals surface area contributed by atoms with E-state index in [2.05, 4.69) is 10.6 Å². The van der Waals surface area contributed by atoms with Crippen LogP contribution in [0, 0.1) is 0 Å². The van der Waals surface area contributed by atoms with Crippen LogP contribution < -0.4 is 16.4 Å². The number of urea groups is 1. The van der Waals surface area contributed by atoms with Gasteiger partial charge in [0, 0.05) is 11.3 Å². The van der Waals surface area contributed by atoms with Gasteiger partial charge < -0.3 is 5.73 Å². The number of nitrogens with one attached hydrogen (secondary N) is 2. The Balaban J connectivity index is 1.95. The average molecular weight is 261 g/mol. The summed E-state index contributed by atoms with van der Waals surface area (Å²) in [6.07, 6.45) is 0. The molecule has 0 aliphatic heterocycles. The number of amides is 3. The van der Waals surface area contributed by atoms with E-state index in [9.17, 15) is 9.59 Å². The SMILES string of the molecule is Nc1ccc(C(=O)NC(=O)Nc2cccs2)cc1. The lowest BCUT2D eigenvalue weighted by Crippen LogP contribution is -2.34. The van der Waals surface area contributed by atoms with Crippen molar-refractivity contribution >= 4 is 34.0 Å². The predicted octanol–water partition coefficient (Wildman–Crippen LogP) is 2.29. The highest BCUT2D eigenvalue weighted by Gasteiger charge is 2.10. The molecule has 6 heteroatoms. The van der Waals surface area contributed by atoms with E-state index in [1.807, 2.05) is 11.4 Å². The highest BCUT2D eigenvalue weighted by atomic mass is 32.1. The molecule has 2 rings (SSSR count). The first-order valence-electron chi connectivity index (χ1n) is 5.16. The van der Waals surface area contributed by atoms with Crippen LogP contribution in [0.3, 0.4) is 0 Å². The van der Waals surface area contributed by atoms with Crippen molar-refractivity contribution in [1.82, 2.24) is 5.32 Å². The molecule has 4 N–H and O–H groups in total. The van der Waals surface area contributed by atoms with Gasteiger partial charge in [-0.1, -0.05) is 0 Å².